The van der Waals surface area contributed by atoms with E-state index in [2.05, 4.69) is 10.6 Å². The normalized spacial score (nSPS) is 11.3. The van der Waals surface area contributed by atoms with E-state index in [1.165, 1.54) is 38.1 Å². The molecule has 1 atom stereocenters. The minimum atomic E-state index is -1.07. The Hall–Kier alpha value is -4.76. The molecule has 0 bridgehead atoms. The number of ether oxygens (including phenoxy) is 2. The van der Waals surface area contributed by atoms with Gasteiger partial charge in [0.2, 0.25) is 5.91 Å². The van der Waals surface area contributed by atoms with E-state index in [9.17, 15) is 19.5 Å². The van der Waals surface area contributed by atoms with Crippen molar-refractivity contribution in [2.45, 2.75) is 17.1 Å². The molecule has 0 spiro atoms. The fourth-order valence-corrected chi connectivity index (χ4v) is 5.04. The zero-order chi connectivity index (χ0) is 28.6. The van der Waals surface area contributed by atoms with Crippen molar-refractivity contribution in [3.63, 3.8) is 0 Å². The smallest absolute Gasteiger partial charge is 0.335 e. The zero-order valence-corrected chi connectivity index (χ0v) is 23.0. The second kappa shape index (κ2) is 12.9. The van der Waals surface area contributed by atoms with Crippen LogP contribution in [0, 0.1) is 6.92 Å². The fourth-order valence-electron chi connectivity index (χ4n) is 3.95. The Labute approximate surface area is 236 Å². The van der Waals surface area contributed by atoms with Crippen LogP contribution < -0.4 is 20.1 Å². The highest BCUT2D eigenvalue weighted by atomic mass is 32.2. The van der Waals surface area contributed by atoms with E-state index in [-0.39, 0.29) is 17.4 Å². The number of carbonyl (C=O) groups is 3. The molecule has 4 aromatic carbocycles. The van der Waals surface area contributed by atoms with Crippen molar-refractivity contribution in [3.05, 3.63) is 113 Å². The molecule has 0 fully saturated rings. The molecule has 0 saturated heterocycles. The van der Waals surface area contributed by atoms with E-state index in [1.807, 2.05) is 36.4 Å². The molecule has 0 radical (unpaired) electrons. The summed E-state index contributed by atoms with van der Waals surface area (Å²) in [5, 5.41) is 14.5. The number of hydrogen-bond acceptors (Lipinski definition) is 6. The fraction of sp³-hybridized carbons (Fsp3) is 0.129. The van der Waals surface area contributed by atoms with Gasteiger partial charge < -0.3 is 25.2 Å². The third kappa shape index (κ3) is 6.81. The predicted molar refractivity (Wildman–Crippen MR) is 156 cm³/mol. The van der Waals surface area contributed by atoms with E-state index >= 15 is 0 Å². The Bertz CT molecular complexity index is 1540. The molecule has 0 aliphatic carbocycles. The number of aromatic carboxylic acids is 1. The molecule has 3 N–H and O–H groups in total. The summed E-state index contributed by atoms with van der Waals surface area (Å²) in [6.07, 6.45) is 0. The van der Waals surface area contributed by atoms with Gasteiger partial charge in [0.25, 0.3) is 5.91 Å². The Morgan fingerprint density at radius 1 is 0.775 bits per heavy atom. The molecule has 1 unspecified atom stereocenters. The van der Waals surface area contributed by atoms with E-state index in [1.54, 1.807) is 49.4 Å². The molecule has 40 heavy (non-hydrogen) atoms. The molecular weight excluding hydrogens is 528 g/mol. The number of benzene rings is 4. The number of anilines is 2. The number of carboxylic acids is 1. The molecule has 0 aliphatic rings. The standard InChI is InChI=1S/C31H28N2O6S/c1-19-12-13-22(31(36)37)16-25(19)33-30(35)28(20-8-5-4-6-9-20)40-24-11-7-10-23(18-24)32-29(34)21-14-15-26(38-2)27(17-21)39-3/h4-18,28H,1-3H3,(H,32,34)(H,33,35)(H,36,37). The number of amides is 2. The van der Waals surface area contributed by atoms with Gasteiger partial charge in [-0.3, -0.25) is 9.59 Å². The molecule has 0 aromatic heterocycles. The van der Waals surface area contributed by atoms with Gasteiger partial charge in [-0.15, -0.1) is 11.8 Å². The van der Waals surface area contributed by atoms with Crippen molar-refractivity contribution in [2.75, 3.05) is 24.9 Å². The Kier molecular flexibility index (Phi) is 9.08. The second-order valence-electron chi connectivity index (χ2n) is 8.78. The van der Waals surface area contributed by atoms with Gasteiger partial charge in [-0.1, -0.05) is 42.5 Å². The summed E-state index contributed by atoms with van der Waals surface area (Å²) >= 11 is 1.32. The van der Waals surface area contributed by atoms with Crippen LogP contribution in [-0.2, 0) is 4.79 Å². The number of nitrogens with one attached hydrogen (secondary N) is 2. The third-order valence-corrected chi connectivity index (χ3v) is 7.32. The molecule has 0 aliphatic heterocycles. The maximum Gasteiger partial charge on any atom is 0.335 e. The number of rotatable bonds is 10. The van der Waals surface area contributed by atoms with Gasteiger partial charge in [0.1, 0.15) is 5.25 Å². The Morgan fingerprint density at radius 2 is 1.50 bits per heavy atom. The van der Waals surface area contributed by atoms with Gasteiger partial charge >= 0.3 is 5.97 Å². The van der Waals surface area contributed by atoms with Crippen LogP contribution in [0.15, 0.2) is 95.9 Å². The van der Waals surface area contributed by atoms with Crippen molar-refractivity contribution >= 4 is 40.9 Å². The topological polar surface area (TPSA) is 114 Å². The lowest BCUT2D eigenvalue weighted by molar-refractivity contribution is -0.115. The van der Waals surface area contributed by atoms with Crippen LogP contribution in [0.1, 0.15) is 37.1 Å². The van der Waals surface area contributed by atoms with E-state index in [4.69, 9.17) is 9.47 Å². The van der Waals surface area contributed by atoms with E-state index in [0.29, 0.717) is 28.4 Å². The minimum Gasteiger partial charge on any atom is -0.493 e. The molecule has 9 heteroatoms. The average molecular weight is 557 g/mol. The van der Waals surface area contributed by atoms with Gasteiger partial charge in [0, 0.05) is 21.8 Å². The van der Waals surface area contributed by atoms with Crippen molar-refractivity contribution in [3.8, 4) is 11.5 Å². The number of carboxylic acid groups (broad SMARTS) is 1. The molecule has 204 valence electrons. The first-order valence-electron chi connectivity index (χ1n) is 12.3. The molecule has 2 amide bonds. The summed E-state index contributed by atoms with van der Waals surface area (Å²) in [5.41, 5.74) is 3.00. The van der Waals surface area contributed by atoms with Crippen LogP contribution in [0.25, 0.3) is 0 Å². The highest BCUT2D eigenvalue weighted by Gasteiger charge is 2.23. The molecule has 8 nitrogen and oxygen atoms in total. The van der Waals surface area contributed by atoms with Gasteiger partial charge in [0.05, 0.1) is 19.8 Å². The average Bonchev–Trinajstić information content (AvgIpc) is 2.97. The first-order valence-corrected chi connectivity index (χ1v) is 13.2. The van der Waals surface area contributed by atoms with Crippen molar-refractivity contribution in [2.24, 2.45) is 0 Å². The quantitative estimate of drug-likeness (QED) is 0.193. The van der Waals surface area contributed by atoms with Gasteiger partial charge in [-0.05, 0) is 66.6 Å². The summed E-state index contributed by atoms with van der Waals surface area (Å²) in [4.78, 5) is 38.7. The SMILES string of the molecule is COc1ccc(C(=O)Nc2cccc(SC(C(=O)Nc3cc(C(=O)O)ccc3C)c3ccccc3)c2)cc1OC. The summed E-state index contributed by atoms with van der Waals surface area (Å²) in [7, 11) is 3.03. The van der Waals surface area contributed by atoms with Crippen LogP contribution in [0.3, 0.4) is 0 Å². The van der Waals surface area contributed by atoms with Crippen LogP contribution in [0.4, 0.5) is 11.4 Å². The lowest BCUT2D eigenvalue weighted by atomic mass is 10.1. The summed E-state index contributed by atoms with van der Waals surface area (Å²) in [6, 6.07) is 26.0. The van der Waals surface area contributed by atoms with E-state index in [0.717, 1.165) is 16.0 Å². The Morgan fingerprint density at radius 3 is 2.20 bits per heavy atom. The lowest BCUT2D eigenvalue weighted by Crippen LogP contribution is -2.20. The number of hydrogen-bond donors (Lipinski definition) is 3. The minimum absolute atomic E-state index is 0.0859. The molecule has 4 rings (SSSR count). The van der Waals surface area contributed by atoms with Gasteiger partial charge in [0.15, 0.2) is 11.5 Å². The molecule has 4 aromatic rings. The second-order valence-corrected chi connectivity index (χ2v) is 9.96. The number of thioether (sulfide) groups is 1. The number of methoxy groups -OCH3 is 2. The first kappa shape index (κ1) is 28.3. The molecular formula is C31H28N2O6S. The van der Waals surface area contributed by atoms with Crippen molar-refractivity contribution in [1.29, 1.82) is 0 Å². The van der Waals surface area contributed by atoms with Crippen molar-refractivity contribution < 1.29 is 29.0 Å². The molecule has 0 saturated carbocycles. The zero-order valence-electron chi connectivity index (χ0n) is 22.1. The lowest BCUT2D eigenvalue weighted by Gasteiger charge is -2.19. The van der Waals surface area contributed by atoms with Crippen LogP contribution in [-0.4, -0.2) is 37.1 Å². The van der Waals surface area contributed by atoms with Gasteiger partial charge in [-0.25, -0.2) is 4.79 Å². The summed E-state index contributed by atoms with van der Waals surface area (Å²) < 4.78 is 10.5. The maximum atomic E-state index is 13.5. The Balaban J connectivity index is 1.56. The number of carbonyl (C=O) groups excluding carboxylic acids is 2. The largest absolute Gasteiger partial charge is 0.493 e. The monoisotopic (exact) mass is 556 g/mol. The van der Waals surface area contributed by atoms with Crippen LogP contribution >= 0.6 is 11.8 Å². The van der Waals surface area contributed by atoms with Crippen LogP contribution in [0.2, 0.25) is 0 Å². The maximum absolute atomic E-state index is 13.5. The number of aryl methyl sites for hydroxylation is 1. The highest BCUT2D eigenvalue weighted by Crippen LogP contribution is 2.37. The summed E-state index contributed by atoms with van der Waals surface area (Å²) in [6.45, 7) is 1.80. The van der Waals surface area contributed by atoms with E-state index < -0.39 is 11.2 Å². The first-order chi connectivity index (χ1) is 19.3. The van der Waals surface area contributed by atoms with Crippen molar-refractivity contribution in [1.82, 2.24) is 0 Å². The highest BCUT2D eigenvalue weighted by molar-refractivity contribution is 8.00. The predicted octanol–water partition coefficient (Wildman–Crippen LogP) is 6.43. The molecule has 0 heterocycles. The van der Waals surface area contributed by atoms with Crippen LogP contribution in [0.5, 0.6) is 11.5 Å². The van der Waals surface area contributed by atoms with Gasteiger partial charge in [-0.2, -0.15) is 0 Å². The third-order valence-electron chi connectivity index (χ3n) is 6.07. The summed E-state index contributed by atoms with van der Waals surface area (Å²) in [5.74, 6) is -0.736.